The number of Topliss-reactive ketones (excluding diaryl/α,β-unsaturated/α-hetero) is 1. The number of ether oxygens (including phenoxy) is 2. The van der Waals surface area contributed by atoms with Crippen molar-refractivity contribution in [1.82, 2.24) is 0 Å². The largest absolute Gasteiger partial charge is 0.503 e. The molecule has 4 nitrogen and oxygen atoms in total. The third-order valence-corrected chi connectivity index (χ3v) is 4.32. The number of fused-ring (bicyclic) bond motifs is 1. The van der Waals surface area contributed by atoms with Gasteiger partial charge in [-0.2, -0.15) is 0 Å². The molecule has 2 aromatic carbocycles. The van der Waals surface area contributed by atoms with Gasteiger partial charge in [-0.3, -0.25) is 4.79 Å². The lowest BCUT2D eigenvalue weighted by molar-refractivity contribution is 0.103. The summed E-state index contributed by atoms with van der Waals surface area (Å²) in [6.45, 7) is 0.326. The van der Waals surface area contributed by atoms with Crippen molar-refractivity contribution in [2.24, 2.45) is 0 Å². The Morgan fingerprint density at radius 2 is 2.12 bits per heavy atom. The molecule has 0 amide bonds. The van der Waals surface area contributed by atoms with Crippen LogP contribution < -0.4 is 9.47 Å². The van der Waals surface area contributed by atoms with Gasteiger partial charge in [0.2, 0.25) is 0 Å². The molecular formula is C18H14BrFO4. The Morgan fingerprint density at radius 3 is 2.88 bits per heavy atom. The van der Waals surface area contributed by atoms with Crippen molar-refractivity contribution in [2.75, 3.05) is 13.7 Å². The van der Waals surface area contributed by atoms with Gasteiger partial charge in [-0.25, -0.2) is 4.39 Å². The van der Waals surface area contributed by atoms with Crippen LogP contribution in [-0.4, -0.2) is 24.6 Å². The van der Waals surface area contributed by atoms with E-state index in [0.29, 0.717) is 40.1 Å². The van der Waals surface area contributed by atoms with Gasteiger partial charge in [0.05, 0.1) is 23.8 Å². The normalized spacial score (nSPS) is 15.6. The number of aromatic hydroxyl groups is 1. The summed E-state index contributed by atoms with van der Waals surface area (Å²) in [5.41, 5.74) is 1.39. The van der Waals surface area contributed by atoms with Crippen molar-refractivity contribution in [2.45, 2.75) is 6.42 Å². The number of hydrogen-bond acceptors (Lipinski definition) is 4. The van der Waals surface area contributed by atoms with Crippen molar-refractivity contribution >= 4 is 27.8 Å². The molecule has 0 saturated heterocycles. The summed E-state index contributed by atoms with van der Waals surface area (Å²) < 4.78 is 24.6. The van der Waals surface area contributed by atoms with E-state index in [1.165, 1.54) is 25.3 Å². The first-order valence-corrected chi connectivity index (χ1v) is 8.03. The molecule has 1 aliphatic rings. The van der Waals surface area contributed by atoms with Crippen LogP contribution in [0.2, 0.25) is 0 Å². The molecular weight excluding hydrogens is 379 g/mol. The van der Waals surface area contributed by atoms with Crippen LogP contribution in [0.15, 0.2) is 40.4 Å². The Morgan fingerprint density at radius 1 is 1.33 bits per heavy atom. The SMILES string of the molecule is COc1cc(/C=C2\CCOc3ccc(F)cc3C2=O)cc(Br)c1O. The van der Waals surface area contributed by atoms with Crippen LogP contribution in [0.1, 0.15) is 22.3 Å². The first kappa shape index (κ1) is 16.5. The molecule has 1 N–H and O–H groups in total. The second-order valence-corrected chi connectivity index (χ2v) is 6.15. The van der Waals surface area contributed by atoms with Crippen LogP contribution in [0.4, 0.5) is 4.39 Å². The highest BCUT2D eigenvalue weighted by Gasteiger charge is 2.22. The van der Waals surface area contributed by atoms with E-state index in [0.717, 1.165) is 0 Å². The highest BCUT2D eigenvalue weighted by Crippen LogP contribution is 2.36. The predicted octanol–water partition coefficient (Wildman–Crippen LogP) is 4.35. The molecule has 0 aliphatic carbocycles. The van der Waals surface area contributed by atoms with Gasteiger partial charge in [-0.15, -0.1) is 0 Å². The van der Waals surface area contributed by atoms with E-state index in [-0.39, 0.29) is 17.1 Å². The zero-order valence-electron chi connectivity index (χ0n) is 12.8. The summed E-state index contributed by atoms with van der Waals surface area (Å²) in [7, 11) is 1.45. The highest BCUT2D eigenvalue weighted by molar-refractivity contribution is 9.10. The van der Waals surface area contributed by atoms with Gasteiger partial charge < -0.3 is 14.6 Å². The van der Waals surface area contributed by atoms with Crippen molar-refractivity contribution in [1.29, 1.82) is 0 Å². The lowest BCUT2D eigenvalue weighted by atomic mass is 9.99. The summed E-state index contributed by atoms with van der Waals surface area (Å²) in [6.07, 6.45) is 2.09. The number of ketones is 1. The Labute approximate surface area is 146 Å². The molecule has 1 heterocycles. The fraction of sp³-hybridized carbons (Fsp3) is 0.167. The fourth-order valence-corrected chi connectivity index (χ4v) is 2.99. The molecule has 0 fully saturated rings. The van der Waals surface area contributed by atoms with E-state index in [1.807, 2.05) is 0 Å². The second-order valence-electron chi connectivity index (χ2n) is 5.29. The maximum atomic E-state index is 13.5. The first-order valence-electron chi connectivity index (χ1n) is 7.23. The summed E-state index contributed by atoms with van der Waals surface area (Å²) in [6, 6.07) is 7.22. The fourth-order valence-electron chi connectivity index (χ4n) is 2.53. The van der Waals surface area contributed by atoms with Gasteiger partial charge in [0.25, 0.3) is 0 Å². The van der Waals surface area contributed by atoms with Gasteiger partial charge >= 0.3 is 0 Å². The smallest absolute Gasteiger partial charge is 0.192 e. The molecule has 1 aliphatic heterocycles. The van der Waals surface area contributed by atoms with E-state index in [9.17, 15) is 14.3 Å². The van der Waals surface area contributed by atoms with Crippen LogP contribution >= 0.6 is 15.9 Å². The first-order chi connectivity index (χ1) is 11.5. The number of methoxy groups -OCH3 is 1. The monoisotopic (exact) mass is 392 g/mol. The Balaban J connectivity index is 2.04. The van der Waals surface area contributed by atoms with Gasteiger partial charge in [0, 0.05) is 12.0 Å². The average molecular weight is 393 g/mol. The van der Waals surface area contributed by atoms with Crippen LogP contribution in [-0.2, 0) is 0 Å². The Bertz CT molecular complexity index is 845. The molecule has 0 bridgehead atoms. The quantitative estimate of drug-likeness (QED) is 0.771. The maximum Gasteiger partial charge on any atom is 0.192 e. The molecule has 124 valence electrons. The molecule has 3 rings (SSSR count). The van der Waals surface area contributed by atoms with Crippen LogP contribution in [0.5, 0.6) is 17.2 Å². The maximum absolute atomic E-state index is 13.5. The van der Waals surface area contributed by atoms with Gasteiger partial charge in [-0.1, -0.05) is 0 Å². The molecule has 24 heavy (non-hydrogen) atoms. The van der Waals surface area contributed by atoms with Crippen LogP contribution in [0.3, 0.4) is 0 Å². The summed E-state index contributed by atoms with van der Waals surface area (Å²) in [5.74, 6) is -0.0944. The zero-order valence-corrected chi connectivity index (χ0v) is 14.4. The number of hydrogen-bond donors (Lipinski definition) is 1. The van der Waals surface area contributed by atoms with E-state index in [2.05, 4.69) is 15.9 Å². The van der Waals surface area contributed by atoms with E-state index >= 15 is 0 Å². The minimum Gasteiger partial charge on any atom is -0.503 e. The van der Waals surface area contributed by atoms with Crippen molar-refractivity contribution in [3.63, 3.8) is 0 Å². The summed E-state index contributed by atoms with van der Waals surface area (Å²) in [5, 5.41) is 9.86. The van der Waals surface area contributed by atoms with Crippen molar-refractivity contribution in [3.05, 3.63) is 57.3 Å². The van der Waals surface area contributed by atoms with Crippen molar-refractivity contribution < 1.29 is 23.8 Å². The number of halogens is 2. The minimum absolute atomic E-state index is 0.0115. The molecule has 2 aromatic rings. The second kappa shape index (κ2) is 6.65. The zero-order chi connectivity index (χ0) is 17.3. The molecule has 0 aromatic heterocycles. The van der Waals surface area contributed by atoms with E-state index in [1.54, 1.807) is 18.2 Å². The van der Waals surface area contributed by atoms with Gasteiger partial charge in [0.15, 0.2) is 17.3 Å². The third kappa shape index (κ3) is 3.14. The molecule has 0 spiro atoms. The number of rotatable bonds is 2. The summed E-state index contributed by atoms with van der Waals surface area (Å²) in [4.78, 5) is 12.7. The molecule has 6 heteroatoms. The van der Waals surface area contributed by atoms with Crippen LogP contribution in [0.25, 0.3) is 6.08 Å². The van der Waals surface area contributed by atoms with Crippen molar-refractivity contribution in [3.8, 4) is 17.2 Å². The minimum atomic E-state index is -0.485. The van der Waals surface area contributed by atoms with Gasteiger partial charge in [-0.05, 0) is 57.9 Å². The number of carbonyl (C=O) groups is 1. The number of carbonyl (C=O) groups excluding carboxylic acids is 1. The van der Waals surface area contributed by atoms with Crippen LogP contribution in [0, 0.1) is 5.82 Å². The third-order valence-electron chi connectivity index (χ3n) is 3.72. The molecule has 0 radical (unpaired) electrons. The lowest BCUT2D eigenvalue weighted by Gasteiger charge is -2.08. The summed E-state index contributed by atoms with van der Waals surface area (Å²) >= 11 is 3.25. The van der Waals surface area contributed by atoms with E-state index < -0.39 is 5.82 Å². The number of phenolic OH excluding ortho intramolecular Hbond substituents is 1. The topological polar surface area (TPSA) is 55.8 Å². The Kier molecular flexibility index (Phi) is 4.57. The van der Waals surface area contributed by atoms with Gasteiger partial charge in [0.1, 0.15) is 11.6 Å². The predicted molar refractivity (Wildman–Crippen MR) is 91.2 cm³/mol. The van der Waals surface area contributed by atoms with E-state index in [4.69, 9.17) is 9.47 Å². The molecule has 0 atom stereocenters. The highest BCUT2D eigenvalue weighted by atomic mass is 79.9. The molecule has 0 unspecified atom stereocenters. The Hall–Kier alpha value is -2.34. The number of phenols is 1. The lowest BCUT2D eigenvalue weighted by Crippen LogP contribution is -2.02. The molecule has 0 saturated carbocycles. The average Bonchev–Trinajstić information content (AvgIpc) is 2.71. The standard InChI is InChI=1S/C18H14BrFO4/c1-23-16-8-10(7-14(19)18(16)22)6-11-4-5-24-15-3-2-12(20)9-13(15)17(11)21/h2-3,6-9,22H,4-5H2,1H3/b11-6+. The number of benzene rings is 2.